The van der Waals surface area contributed by atoms with Gasteiger partial charge < -0.3 is 0 Å². The highest BCUT2D eigenvalue weighted by Gasteiger charge is 2.41. The molecule has 20 rings (SSSR count). The Morgan fingerprint density at radius 1 is 0.191 bits per heavy atom. The zero-order valence-electron chi connectivity index (χ0n) is 50.5. The van der Waals surface area contributed by atoms with Gasteiger partial charge in [-0.1, -0.05) is 267 Å². The first-order valence-corrected chi connectivity index (χ1v) is 33.4. The van der Waals surface area contributed by atoms with E-state index in [-0.39, 0.29) is 11.8 Å². The molecule has 0 N–H and O–H groups in total. The van der Waals surface area contributed by atoms with E-state index in [1.165, 1.54) is 84.9 Å². The molecule has 94 heavy (non-hydrogen) atoms. The van der Waals surface area contributed by atoms with Gasteiger partial charge in [0.05, 0.1) is 0 Å². The number of hydrogen-bond acceptors (Lipinski definition) is 8. The van der Waals surface area contributed by atoms with Crippen LogP contribution in [0.5, 0.6) is 0 Å². The van der Waals surface area contributed by atoms with Crippen LogP contribution in [0.15, 0.2) is 303 Å². The molecule has 0 amide bonds. The third-order valence-electron chi connectivity index (χ3n) is 19.0. The van der Waals surface area contributed by atoms with Crippen LogP contribution in [0.2, 0.25) is 0 Å². The SMILES string of the molecule is c1ccc(-c2nc(-c3ccc(-c4ccc5c(c4)C4c6ccccc6C5c5cc(-c6ccc(-c7nc(-c8ccccc8)nc(-c8ccccc8-c8cccc9sc%10ccccc%10c89)n7)cc6)ccc54)cc3)nc(-c3ccccc3-c3cccc4sc5ccccc5c34)n2)cc1. The second-order valence-corrected chi connectivity index (χ2v) is 26.5. The molecular weight excluding hydrogens is 1180 g/mol. The van der Waals surface area contributed by atoms with E-state index in [2.05, 4.69) is 267 Å². The number of fused-ring (bicyclic) bond motifs is 6. The lowest BCUT2D eigenvalue weighted by atomic mass is 9.60. The van der Waals surface area contributed by atoms with Crippen molar-refractivity contribution in [3.8, 4) is 113 Å². The van der Waals surface area contributed by atoms with Gasteiger partial charge >= 0.3 is 0 Å². The maximum atomic E-state index is 5.31. The number of benzene rings is 13. The van der Waals surface area contributed by atoms with E-state index in [1.54, 1.807) is 0 Å². The van der Waals surface area contributed by atoms with Crippen molar-refractivity contribution in [2.24, 2.45) is 0 Å². The number of aromatic nitrogens is 6. The van der Waals surface area contributed by atoms with Crippen molar-refractivity contribution in [1.29, 1.82) is 0 Å². The maximum absolute atomic E-state index is 5.31. The Hall–Kier alpha value is -11.7. The summed E-state index contributed by atoms with van der Waals surface area (Å²) in [6, 6.07) is 109. The molecule has 2 unspecified atom stereocenters. The number of thiophene rings is 2. The Morgan fingerprint density at radius 2 is 0.489 bits per heavy atom. The number of rotatable bonds is 10. The molecule has 3 aliphatic carbocycles. The Bertz CT molecular complexity index is 5520. The predicted molar refractivity (Wildman–Crippen MR) is 388 cm³/mol. The van der Waals surface area contributed by atoms with Crippen molar-refractivity contribution >= 4 is 63.0 Å². The lowest BCUT2D eigenvalue weighted by Crippen LogP contribution is -2.27. The highest BCUT2D eigenvalue weighted by Crippen LogP contribution is 2.57. The van der Waals surface area contributed by atoms with Crippen LogP contribution in [0.4, 0.5) is 0 Å². The molecular formula is C86H52N6S2. The van der Waals surface area contributed by atoms with Gasteiger partial charge in [-0.05, 0) is 114 Å². The van der Waals surface area contributed by atoms with E-state index in [0.717, 1.165) is 66.8 Å². The maximum Gasteiger partial charge on any atom is 0.164 e. The third kappa shape index (κ3) is 8.97. The summed E-state index contributed by atoms with van der Waals surface area (Å²) in [5, 5.41) is 5.02. The second-order valence-electron chi connectivity index (χ2n) is 24.3. The first-order chi connectivity index (χ1) is 46.6. The smallest absolute Gasteiger partial charge is 0.164 e. The summed E-state index contributed by atoms with van der Waals surface area (Å²) in [6.45, 7) is 0. The van der Waals surface area contributed by atoms with Crippen LogP contribution in [0, 0.1) is 0 Å². The molecule has 8 heteroatoms. The van der Waals surface area contributed by atoms with Crippen molar-refractivity contribution < 1.29 is 0 Å². The van der Waals surface area contributed by atoms with Gasteiger partial charge in [0.25, 0.3) is 0 Å². The van der Waals surface area contributed by atoms with Gasteiger partial charge in [0.15, 0.2) is 34.9 Å². The number of hydrogen-bond donors (Lipinski definition) is 0. The first-order valence-electron chi connectivity index (χ1n) is 31.8. The van der Waals surface area contributed by atoms with Crippen LogP contribution in [-0.4, -0.2) is 29.9 Å². The molecule has 0 spiro atoms. The van der Waals surface area contributed by atoms with E-state index in [0.29, 0.717) is 34.9 Å². The molecule has 0 radical (unpaired) electrons. The largest absolute Gasteiger partial charge is 0.208 e. The summed E-state index contributed by atoms with van der Waals surface area (Å²) >= 11 is 3.66. The molecule has 0 fully saturated rings. The molecule has 4 heterocycles. The van der Waals surface area contributed by atoms with Gasteiger partial charge in [-0.15, -0.1) is 22.7 Å². The van der Waals surface area contributed by atoms with Gasteiger partial charge in [0, 0.05) is 85.6 Å². The second kappa shape index (κ2) is 22.0. The first kappa shape index (κ1) is 54.1. The van der Waals surface area contributed by atoms with E-state index in [9.17, 15) is 0 Å². The zero-order valence-corrected chi connectivity index (χ0v) is 52.2. The summed E-state index contributed by atoms with van der Waals surface area (Å²) in [7, 11) is 0. The van der Waals surface area contributed by atoms with Crippen molar-refractivity contribution in [2.75, 3.05) is 0 Å². The van der Waals surface area contributed by atoms with Crippen LogP contribution < -0.4 is 0 Å². The van der Waals surface area contributed by atoms with Crippen LogP contribution in [-0.2, 0) is 0 Å². The Balaban J connectivity index is 0.645. The van der Waals surface area contributed by atoms with Gasteiger partial charge in [-0.25, -0.2) is 29.9 Å². The minimum Gasteiger partial charge on any atom is -0.208 e. The topological polar surface area (TPSA) is 77.3 Å². The zero-order chi connectivity index (χ0) is 61.8. The van der Waals surface area contributed by atoms with Gasteiger partial charge in [0.1, 0.15) is 0 Å². The minimum atomic E-state index is 0.0923. The molecule has 2 bridgehead atoms. The standard InChI is InChI=1S/C86H52N6S2/c1-3-19-53(20-4-1)81-87-83(91-85(89-81)67-27-11-7-23-59(67)61-31-17-35-75-79(61)69-29-13-15-33-73(69)93-75)55-41-37-51(38-42-55)57-45-47-65-71(49-57)77-63-25-9-10-26-64(63)78(65)72-50-58(46-48-66(72)77)52-39-43-56(44-40-52)84-88-82(54-21-5-2-6-22-54)90-86(92-84)68-28-12-8-24-60(68)62-32-18-36-76-80(62)70-30-14-16-34-74(70)94-76/h1-50,77-78H. The quantitative estimate of drug-likeness (QED) is 0.136. The van der Waals surface area contributed by atoms with Crippen molar-refractivity contribution in [3.05, 3.63) is 337 Å². The molecule has 13 aromatic carbocycles. The molecule has 438 valence electrons. The Morgan fingerprint density at radius 3 is 0.915 bits per heavy atom. The minimum absolute atomic E-state index is 0.0923. The molecule has 0 saturated heterocycles. The van der Waals surface area contributed by atoms with Crippen LogP contribution in [0.3, 0.4) is 0 Å². The Labute approximate surface area is 550 Å². The molecule has 4 aromatic heterocycles. The van der Waals surface area contributed by atoms with Crippen LogP contribution >= 0.6 is 22.7 Å². The molecule has 0 saturated carbocycles. The summed E-state index contributed by atoms with van der Waals surface area (Å²) in [6.07, 6.45) is 0. The van der Waals surface area contributed by atoms with Crippen molar-refractivity contribution in [2.45, 2.75) is 11.8 Å². The van der Waals surface area contributed by atoms with E-state index >= 15 is 0 Å². The fraction of sp³-hybridized carbons (Fsp3) is 0.0233. The molecule has 17 aromatic rings. The highest BCUT2D eigenvalue weighted by molar-refractivity contribution is 7.26. The van der Waals surface area contributed by atoms with Gasteiger partial charge in [-0.3, -0.25) is 0 Å². The van der Waals surface area contributed by atoms with Crippen LogP contribution in [0.25, 0.3) is 153 Å². The molecule has 3 aliphatic rings. The molecule has 0 aliphatic heterocycles. The van der Waals surface area contributed by atoms with Gasteiger partial charge in [-0.2, -0.15) is 0 Å². The van der Waals surface area contributed by atoms with Crippen LogP contribution in [0.1, 0.15) is 45.2 Å². The summed E-state index contributed by atoms with van der Waals surface area (Å²) < 4.78 is 5.06. The Kier molecular flexibility index (Phi) is 12.7. The fourth-order valence-corrected chi connectivity index (χ4v) is 17.0. The summed E-state index contributed by atoms with van der Waals surface area (Å²) in [5.41, 5.74) is 23.0. The lowest BCUT2D eigenvalue weighted by molar-refractivity contribution is 0.755. The summed E-state index contributed by atoms with van der Waals surface area (Å²) in [4.78, 5) is 31.4. The lowest BCUT2D eigenvalue weighted by Gasteiger charge is -2.42. The van der Waals surface area contributed by atoms with Crippen molar-refractivity contribution in [3.63, 3.8) is 0 Å². The predicted octanol–water partition coefficient (Wildman–Crippen LogP) is 22.4. The van der Waals surface area contributed by atoms with Crippen molar-refractivity contribution in [1.82, 2.24) is 29.9 Å². The van der Waals surface area contributed by atoms with E-state index < -0.39 is 0 Å². The number of nitrogens with zero attached hydrogens (tertiary/aromatic N) is 6. The van der Waals surface area contributed by atoms with Gasteiger partial charge in [0.2, 0.25) is 0 Å². The van der Waals surface area contributed by atoms with E-state index in [4.69, 9.17) is 29.9 Å². The average molecular weight is 1230 g/mol. The summed E-state index contributed by atoms with van der Waals surface area (Å²) in [5.74, 6) is 3.97. The molecule has 2 atom stereocenters. The normalized spacial score (nSPS) is 13.7. The molecule has 6 nitrogen and oxygen atoms in total. The van der Waals surface area contributed by atoms with E-state index in [1.807, 2.05) is 59.1 Å². The highest BCUT2D eigenvalue weighted by atomic mass is 32.1. The third-order valence-corrected chi connectivity index (χ3v) is 21.3. The fourth-order valence-electron chi connectivity index (χ4n) is 14.7. The monoisotopic (exact) mass is 1230 g/mol. The average Bonchev–Trinajstić information content (AvgIpc) is 0.755.